The first-order chi connectivity index (χ1) is 17.0. The number of nitrogens with one attached hydrogen (secondary N) is 1. The maximum absolute atomic E-state index is 13.1. The summed E-state index contributed by atoms with van der Waals surface area (Å²) in [6.45, 7) is 5.54. The van der Waals surface area contributed by atoms with Crippen LogP contribution in [0.2, 0.25) is 0 Å². The number of carbonyl (C=O) groups excluding carboxylic acids is 1. The van der Waals surface area contributed by atoms with Gasteiger partial charge in [0.15, 0.2) is 0 Å². The maximum Gasteiger partial charge on any atom is 0.261 e. The second-order valence-corrected chi connectivity index (χ2v) is 9.39. The van der Waals surface area contributed by atoms with Crippen LogP contribution in [0.25, 0.3) is 10.2 Å². The minimum absolute atomic E-state index is 0.165. The standard InChI is InChI=1S/C26H26FN5O2S/c1-17-22-24(32-13-11-31(12-14-32)20-5-3-4-6-21(20)34-2)29-16-30-26(22)35-23(17)25(33)28-15-18-7-9-19(27)10-8-18/h3-10,16H,11-15H2,1-2H3,(H,28,33). The van der Waals surface area contributed by atoms with E-state index in [0.29, 0.717) is 11.4 Å². The van der Waals surface area contributed by atoms with Crippen LogP contribution in [0.15, 0.2) is 54.9 Å². The topological polar surface area (TPSA) is 70.6 Å². The van der Waals surface area contributed by atoms with Crippen molar-refractivity contribution in [2.24, 2.45) is 0 Å². The van der Waals surface area contributed by atoms with E-state index in [1.807, 2.05) is 25.1 Å². The number of hydrogen-bond acceptors (Lipinski definition) is 7. The monoisotopic (exact) mass is 491 g/mol. The summed E-state index contributed by atoms with van der Waals surface area (Å²) < 4.78 is 18.7. The summed E-state index contributed by atoms with van der Waals surface area (Å²) >= 11 is 1.37. The van der Waals surface area contributed by atoms with E-state index in [1.54, 1.807) is 25.6 Å². The summed E-state index contributed by atoms with van der Waals surface area (Å²) in [6, 6.07) is 14.2. The number of aryl methyl sites for hydroxylation is 1. The third-order valence-corrected chi connectivity index (χ3v) is 7.48. The number of halogens is 1. The highest BCUT2D eigenvalue weighted by atomic mass is 32.1. The minimum Gasteiger partial charge on any atom is -0.495 e. The number of aromatic nitrogens is 2. The molecule has 0 atom stereocenters. The van der Waals surface area contributed by atoms with Crippen molar-refractivity contribution in [3.8, 4) is 5.75 Å². The van der Waals surface area contributed by atoms with E-state index < -0.39 is 0 Å². The van der Waals surface area contributed by atoms with Gasteiger partial charge in [-0.1, -0.05) is 24.3 Å². The van der Waals surface area contributed by atoms with E-state index in [4.69, 9.17) is 4.74 Å². The maximum atomic E-state index is 13.1. The van der Waals surface area contributed by atoms with Gasteiger partial charge in [0.25, 0.3) is 5.91 Å². The van der Waals surface area contributed by atoms with E-state index in [9.17, 15) is 9.18 Å². The molecule has 0 aliphatic carbocycles. The highest BCUT2D eigenvalue weighted by Gasteiger charge is 2.25. The number of rotatable bonds is 6. The molecule has 180 valence electrons. The number of ether oxygens (including phenoxy) is 1. The van der Waals surface area contributed by atoms with E-state index in [0.717, 1.165) is 64.8 Å². The van der Waals surface area contributed by atoms with Crippen LogP contribution in [0.3, 0.4) is 0 Å². The Balaban J connectivity index is 1.33. The molecule has 0 radical (unpaired) electrons. The lowest BCUT2D eigenvalue weighted by atomic mass is 10.1. The molecule has 0 unspecified atom stereocenters. The Kier molecular flexibility index (Phi) is 6.50. The van der Waals surface area contributed by atoms with Gasteiger partial charge in [0.05, 0.1) is 23.1 Å². The molecule has 1 amide bonds. The van der Waals surface area contributed by atoms with Crippen LogP contribution in [0.1, 0.15) is 20.8 Å². The van der Waals surface area contributed by atoms with Gasteiger partial charge in [0, 0.05) is 32.7 Å². The number of methoxy groups -OCH3 is 1. The van der Waals surface area contributed by atoms with Crippen molar-refractivity contribution in [2.75, 3.05) is 43.1 Å². The molecule has 1 aliphatic heterocycles. The van der Waals surface area contributed by atoms with Crippen molar-refractivity contribution < 1.29 is 13.9 Å². The quantitative estimate of drug-likeness (QED) is 0.431. The van der Waals surface area contributed by atoms with Crippen LogP contribution in [0.5, 0.6) is 5.75 Å². The van der Waals surface area contributed by atoms with E-state index in [1.165, 1.54) is 23.5 Å². The average Bonchev–Trinajstić information content (AvgIpc) is 3.25. The van der Waals surface area contributed by atoms with Gasteiger partial charge in [-0.15, -0.1) is 11.3 Å². The molecular weight excluding hydrogens is 465 g/mol. The lowest BCUT2D eigenvalue weighted by Crippen LogP contribution is -2.47. The molecule has 2 aromatic carbocycles. The summed E-state index contributed by atoms with van der Waals surface area (Å²) in [5, 5.41) is 3.87. The van der Waals surface area contributed by atoms with Crippen molar-refractivity contribution in [1.29, 1.82) is 0 Å². The first-order valence-corrected chi connectivity index (χ1v) is 12.3. The summed E-state index contributed by atoms with van der Waals surface area (Å²) in [6.07, 6.45) is 1.57. The fraction of sp³-hybridized carbons (Fsp3) is 0.269. The van der Waals surface area contributed by atoms with Crippen molar-refractivity contribution in [3.63, 3.8) is 0 Å². The van der Waals surface area contributed by atoms with Gasteiger partial charge in [-0.05, 0) is 42.3 Å². The summed E-state index contributed by atoms with van der Waals surface area (Å²) in [5.41, 5.74) is 2.81. The minimum atomic E-state index is -0.296. The van der Waals surface area contributed by atoms with Crippen molar-refractivity contribution in [3.05, 3.63) is 76.7 Å². The molecule has 5 rings (SSSR count). The molecule has 3 heterocycles. The molecule has 2 aromatic heterocycles. The smallest absolute Gasteiger partial charge is 0.261 e. The Hall–Kier alpha value is -3.72. The molecule has 4 aromatic rings. The van der Waals surface area contributed by atoms with Crippen molar-refractivity contribution >= 4 is 39.0 Å². The predicted molar refractivity (Wildman–Crippen MR) is 137 cm³/mol. The molecule has 1 saturated heterocycles. The first-order valence-electron chi connectivity index (χ1n) is 11.4. The molecule has 35 heavy (non-hydrogen) atoms. The number of para-hydroxylation sites is 2. The van der Waals surface area contributed by atoms with Gasteiger partial charge in [-0.2, -0.15) is 0 Å². The number of nitrogens with zero attached hydrogens (tertiary/aromatic N) is 4. The lowest BCUT2D eigenvalue weighted by Gasteiger charge is -2.37. The molecule has 7 nitrogen and oxygen atoms in total. The molecule has 0 bridgehead atoms. The third-order valence-electron chi connectivity index (χ3n) is 6.28. The van der Waals surface area contributed by atoms with Crippen molar-refractivity contribution in [1.82, 2.24) is 15.3 Å². The van der Waals surface area contributed by atoms with Gasteiger partial charge in [-0.25, -0.2) is 14.4 Å². The third kappa shape index (κ3) is 4.64. The average molecular weight is 492 g/mol. The van der Waals surface area contributed by atoms with Gasteiger partial charge in [-0.3, -0.25) is 4.79 Å². The van der Waals surface area contributed by atoms with Crippen LogP contribution in [-0.2, 0) is 6.54 Å². The molecule has 0 saturated carbocycles. The Morgan fingerprint density at radius 3 is 2.51 bits per heavy atom. The van der Waals surface area contributed by atoms with Crippen molar-refractivity contribution in [2.45, 2.75) is 13.5 Å². The van der Waals surface area contributed by atoms with E-state index >= 15 is 0 Å². The number of piperazine rings is 1. The van der Waals surface area contributed by atoms with Gasteiger partial charge in [0.2, 0.25) is 0 Å². The van der Waals surface area contributed by atoms with Gasteiger partial charge in [0.1, 0.15) is 28.5 Å². The molecule has 0 spiro atoms. The number of benzene rings is 2. The number of thiophene rings is 1. The number of carbonyl (C=O) groups is 1. The number of hydrogen-bond donors (Lipinski definition) is 1. The summed E-state index contributed by atoms with van der Waals surface area (Å²) in [5.74, 6) is 1.27. The number of amides is 1. The number of fused-ring (bicyclic) bond motifs is 1. The fourth-order valence-corrected chi connectivity index (χ4v) is 5.48. The molecule has 1 N–H and O–H groups in total. The van der Waals surface area contributed by atoms with Gasteiger partial charge >= 0.3 is 0 Å². The normalized spacial score (nSPS) is 13.8. The zero-order valence-corrected chi connectivity index (χ0v) is 20.4. The molecule has 1 fully saturated rings. The number of anilines is 2. The molecule has 1 aliphatic rings. The van der Waals surface area contributed by atoms with Crippen LogP contribution in [-0.4, -0.2) is 49.2 Å². The molecular formula is C26H26FN5O2S. The van der Waals surface area contributed by atoms with E-state index in [2.05, 4.69) is 31.2 Å². The lowest BCUT2D eigenvalue weighted by molar-refractivity contribution is 0.0954. The second-order valence-electron chi connectivity index (χ2n) is 8.39. The highest BCUT2D eigenvalue weighted by molar-refractivity contribution is 7.20. The van der Waals surface area contributed by atoms with Crippen LogP contribution < -0.4 is 19.9 Å². The second kappa shape index (κ2) is 9.87. The van der Waals surface area contributed by atoms with Gasteiger partial charge < -0.3 is 19.9 Å². The zero-order valence-electron chi connectivity index (χ0n) is 19.6. The SMILES string of the molecule is COc1ccccc1N1CCN(c2ncnc3sc(C(=O)NCc4ccc(F)cc4)c(C)c23)CC1. The van der Waals surface area contributed by atoms with E-state index in [-0.39, 0.29) is 11.7 Å². The Morgan fingerprint density at radius 1 is 1.06 bits per heavy atom. The van der Waals surface area contributed by atoms with Crippen LogP contribution >= 0.6 is 11.3 Å². The predicted octanol–water partition coefficient (Wildman–Crippen LogP) is 4.40. The Bertz CT molecular complexity index is 1350. The zero-order chi connectivity index (χ0) is 24.4. The highest BCUT2D eigenvalue weighted by Crippen LogP contribution is 2.36. The summed E-state index contributed by atoms with van der Waals surface area (Å²) in [7, 11) is 1.69. The summed E-state index contributed by atoms with van der Waals surface area (Å²) in [4.78, 5) is 28.0. The van der Waals surface area contributed by atoms with Crippen LogP contribution in [0.4, 0.5) is 15.9 Å². The Labute approximate surface area is 207 Å². The fourth-order valence-electron chi connectivity index (χ4n) is 4.42. The Morgan fingerprint density at radius 2 is 1.77 bits per heavy atom. The van der Waals surface area contributed by atoms with Crippen LogP contribution in [0, 0.1) is 12.7 Å². The largest absolute Gasteiger partial charge is 0.495 e. The molecule has 9 heteroatoms. The first kappa shape index (κ1) is 23.0.